The van der Waals surface area contributed by atoms with Crippen LogP contribution in [0.15, 0.2) is 0 Å². The zero-order valence-electron chi connectivity index (χ0n) is 5.33. The first-order valence-electron chi connectivity index (χ1n) is 2.62. The van der Waals surface area contributed by atoms with Crippen molar-refractivity contribution in [1.82, 2.24) is 10.2 Å². The number of alkyl halides is 3. The molecule has 0 rings (SSSR count). The van der Waals surface area contributed by atoms with Crippen molar-refractivity contribution < 1.29 is 18.0 Å². The van der Waals surface area contributed by atoms with E-state index in [9.17, 15) is 18.0 Å². The molecule has 0 heterocycles. The summed E-state index contributed by atoms with van der Waals surface area (Å²) in [6.45, 7) is -1.66. The number of nitrogens with one attached hydrogen (secondary N) is 2. The van der Waals surface area contributed by atoms with Gasteiger partial charge < -0.3 is 5.32 Å². The lowest BCUT2D eigenvalue weighted by molar-refractivity contribution is -0.137. The summed E-state index contributed by atoms with van der Waals surface area (Å²) in [5.41, 5.74) is 0. The highest BCUT2D eigenvalue weighted by Gasteiger charge is 2.27. The molecular weight excluding hydrogens is 185 g/mol. The maximum Gasteiger partial charge on any atom is 0.405 e. The summed E-state index contributed by atoms with van der Waals surface area (Å²) in [6, 6.07) is 0. The molecule has 0 radical (unpaired) electrons. The Bertz CT molecular complexity index is 138. The molecule has 0 aromatic carbocycles. The molecule has 0 unspecified atom stereocenters. The molecule has 0 saturated heterocycles. The summed E-state index contributed by atoms with van der Waals surface area (Å²) in [5, 5.41) is 1.61. The van der Waals surface area contributed by atoms with E-state index >= 15 is 0 Å². The zero-order valence-corrected chi connectivity index (χ0v) is 6.09. The molecule has 0 aliphatic rings. The smallest absolute Gasteiger partial charge is 0.346 e. The fourth-order valence-corrected chi connectivity index (χ4v) is 0.443. The fourth-order valence-electron chi connectivity index (χ4n) is 0.322. The van der Waals surface area contributed by atoms with Gasteiger partial charge in [0.15, 0.2) is 0 Å². The van der Waals surface area contributed by atoms with Crippen molar-refractivity contribution in [2.75, 3.05) is 13.1 Å². The molecule has 11 heavy (non-hydrogen) atoms. The number of rotatable bonds is 3. The zero-order chi connectivity index (χ0) is 8.91. The Balaban J connectivity index is 3.46. The van der Waals surface area contributed by atoms with E-state index < -0.39 is 18.6 Å². The Morgan fingerprint density at radius 1 is 1.45 bits per heavy atom. The molecule has 0 spiro atoms. The molecule has 0 aliphatic heterocycles. The number of carbonyl (C=O) groups excluding carboxylic acids is 1. The average Bonchev–Trinajstić information content (AvgIpc) is 1.83. The van der Waals surface area contributed by atoms with Gasteiger partial charge in [-0.15, -0.1) is 0 Å². The van der Waals surface area contributed by atoms with Crippen LogP contribution in [-0.2, 0) is 4.79 Å². The van der Waals surface area contributed by atoms with Crippen LogP contribution in [0.5, 0.6) is 0 Å². The van der Waals surface area contributed by atoms with Crippen molar-refractivity contribution in [2.24, 2.45) is 0 Å². The molecule has 2 N–H and O–H groups in total. The molecule has 7 heteroatoms. The van der Waals surface area contributed by atoms with Crippen LogP contribution in [0.25, 0.3) is 0 Å². The van der Waals surface area contributed by atoms with Crippen LogP contribution in [0.1, 0.15) is 0 Å². The number of carbonyl (C=O) groups is 1. The second kappa shape index (κ2) is 4.40. The fraction of sp³-hybridized carbons (Fsp3) is 0.750. The van der Waals surface area contributed by atoms with Crippen LogP contribution in [0.4, 0.5) is 13.2 Å². The molecule has 0 aromatic heterocycles. The third-order valence-corrected chi connectivity index (χ3v) is 0.847. The van der Waals surface area contributed by atoms with E-state index in [1.54, 1.807) is 5.32 Å². The minimum absolute atomic E-state index is 0.336. The number of hydrogen-bond donors (Lipinski definition) is 2. The molecule has 0 atom stereocenters. The van der Waals surface area contributed by atoms with Crippen LogP contribution >= 0.6 is 11.8 Å². The Morgan fingerprint density at radius 2 is 2.00 bits per heavy atom. The predicted molar refractivity (Wildman–Crippen MR) is 32.9 cm³/mol. The van der Waals surface area contributed by atoms with Crippen LogP contribution in [0, 0.1) is 0 Å². The van der Waals surface area contributed by atoms with Gasteiger partial charge in [0, 0.05) is 0 Å². The maximum atomic E-state index is 11.4. The van der Waals surface area contributed by atoms with E-state index in [2.05, 4.69) is 0 Å². The first-order chi connectivity index (χ1) is 4.95. The van der Waals surface area contributed by atoms with E-state index in [4.69, 9.17) is 11.8 Å². The summed E-state index contributed by atoms with van der Waals surface area (Å²) < 4.78 is 34.2. The minimum atomic E-state index is -4.37. The maximum absolute atomic E-state index is 11.4. The highest BCUT2D eigenvalue weighted by atomic mass is 35.5. The number of amides is 1. The standard InChI is InChI=1S/C4H6ClF3N2O/c5-10-1-3(11)9-2-4(6,7)8/h10H,1-2H2,(H,9,11). The molecule has 0 aliphatic carbocycles. The highest BCUT2D eigenvalue weighted by Crippen LogP contribution is 2.11. The lowest BCUT2D eigenvalue weighted by atomic mass is 10.5. The summed E-state index contributed by atoms with van der Waals surface area (Å²) >= 11 is 4.85. The molecule has 0 saturated carbocycles. The lowest BCUT2D eigenvalue weighted by Gasteiger charge is -2.06. The van der Waals surface area contributed by atoms with Crippen LogP contribution < -0.4 is 10.2 Å². The summed E-state index contributed by atoms with van der Waals surface area (Å²) in [7, 11) is 0. The first kappa shape index (κ1) is 10.5. The van der Waals surface area contributed by atoms with Crippen molar-refractivity contribution in [3.8, 4) is 0 Å². The van der Waals surface area contributed by atoms with Gasteiger partial charge in [-0.1, -0.05) is 0 Å². The van der Waals surface area contributed by atoms with Gasteiger partial charge in [0.2, 0.25) is 5.91 Å². The summed E-state index contributed by atoms with van der Waals surface area (Å²) in [4.78, 5) is 12.2. The molecule has 0 fully saturated rings. The average molecular weight is 191 g/mol. The third kappa shape index (κ3) is 7.41. The molecular formula is C4H6ClF3N2O. The Hall–Kier alpha value is -0.490. The summed E-state index contributed by atoms with van der Waals surface area (Å²) in [5.74, 6) is -0.794. The highest BCUT2D eigenvalue weighted by molar-refractivity contribution is 6.14. The van der Waals surface area contributed by atoms with Crippen molar-refractivity contribution >= 4 is 17.7 Å². The van der Waals surface area contributed by atoms with Gasteiger partial charge in [-0.3, -0.25) is 4.79 Å². The Labute approximate surface area is 66.0 Å². The van der Waals surface area contributed by atoms with E-state index in [-0.39, 0.29) is 6.54 Å². The van der Waals surface area contributed by atoms with Gasteiger partial charge in [0.05, 0.1) is 6.54 Å². The van der Waals surface area contributed by atoms with Gasteiger partial charge in [0.1, 0.15) is 6.54 Å². The van der Waals surface area contributed by atoms with Gasteiger partial charge in [0.25, 0.3) is 0 Å². The Kier molecular flexibility index (Phi) is 4.20. The molecule has 1 amide bonds. The number of hydrogen-bond acceptors (Lipinski definition) is 2. The van der Waals surface area contributed by atoms with E-state index in [1.807, 2.05) is 4.84 Å². The van der Waals surface area contributed by atoms with Gasteiger partial charge in [-0.25, -0.2) is 4.84 Å². The van der Waals surface area contributed by atoms with Crippen molar-refractivity contribution in [3.63, 3.8) is 0 Å². The quantitative estimate of drug-likeness (QED) is 0.633. The minimum Gasteiger partial charge on any atom is -0.346 e. The van der Waals surface area contributed by atoms with Gasteiger partial charge in [-0.2, -0.15) is 13.2 Å². The van der Waals surface area contributed by atoms with E-state index in [0.717, 1.165) is 0 Å². The molecule has 3 nitrogen and oxygen atoms in total. The monoisotopic (exact) mass is 190 g/mol. The molecule has 0 bridgehead atoms. The third-order valence-electron chi connectivity index (χ3n) is 0.713. The normalized spacial score (nSPS) is 11.3. The first-order valence-corrected chi connectivity index (χ1v) is 3.00. The van der Waals surface area contributed by atoms with Crippen LogP contribution in [-0.4, -0.2) is 25.2 Å². The predicted octanol–water partition coefficient (Wildman–Crippen LogP) is 0.408. The van der Waals surface area contributed by atoms with Crippen molar-refractivity contribution in [1.29, 1.82) is 0 Å². The molecule has 0 aromatic rings. The van der Waals surface area contributed by atoms with Gasteiger partial charge in [-0.05, 0) is 11.8 Å². The largest absolute Gasteiger partial charge is 0.405 e. The van der Waals surface area contributed by atoms with E-state index in [0.29, 0.717) is 0 Å². The van der Waals surface area contributed by atoms with Crippen molar-refractivity contribution in [2.45, 2.75) is 6.18 Å². The number of halogens is 4. The lowest BCUT2D eigenvalue weighted by Crippen LogP contribution is -2.37. The SMILES string of the molecule is O=C(CNCl)NCC(F)(F)F. The Morgan fingerprint density at radius 3 is 2.36 bits per heavy atom. The second-order valence-electron chi connectivity index (χ2n) is 1.70. The summed E-state index contributed by atoms with van der Waals surface area (Å²) in [6.07, 6.45) is -4.37. The van der Waals surface area contributed by atoms with Crippen LogP contribution in [0.3, 0.4) is 0 Å². The van der Waals surface area contributed by atoms with Crippen molar-refractivity contribution in [3.05, 3.63) is 0 Å². The molecule has 66 valence electrons. The second-order valence-corrected chi connectivity index (χ2v) is 1.97. The topological polar surface area (TPSA) is 41.1 Å². The van der Waals surface area contributed by atoms with E-state index in [1.165, 1.54) is 0 Å². The van der Waals surface area contributed by atoms with Gasteiger partial charge >= 0.3 is 6.18 Å². The van der Waals surface area contributed by atoms with Crippen LogP contribution in [0.2, 0.25) is 0 Å².